The van der Waals surface area contributed by atoms with Crippen LogP contribution in [-0.4, -0.2) is 4.57 Å². The number of rotatable bonds is 3. The van der Waals surface area contributed by atoms with Crippen molar-refractivity contribution in [3.8, 4) is 11.1 Å². The lowest BCUT2D eigenvalue weighted by molar-refractivity contribution is 0.820. The molecule has 53 heavy (non-hydrogen) atoms. The molecule has 0 bridgehead atoms. The van der Waals surface area contributed by atoms with Gasteiger partial charge in [-0.25, -0.2) is 0 Å². The molecule has 4 heteroatoms. The molecule has 252 valence electrons. The van der Waals surface area contributed by atoms with Crippen LogP contribution in [0.25, 0.3) is 64.1 Å². The summed E-state index contributed by atoms with van der Waals surface area (Å²) >= 11 is 3.90. The van der Waals surface area contributed by atoms with Gasteiger partial charge in [0.1, 0.15) is 0 Å². The van der Waals surface area contributed by atoms with Crippen molar-refractivity contribution < 1.29 is 0 Å². The zero-order valence-electron chi connectivity index (χ0n) is 29.1. The van der Waals surface area contributed by atoms with Crippen molar-refractivity contribution in [3.05, 3.63) is 166 Å². The van der Waals surface area contributed by atoms with Gasteiger partial charge in [0.2, 0.25) is 0 Å². The number of aromatic nitrogens is 1. The third-order valence-electron chi connectivity index (χ3n) is 12.6. The van der Waals surface area contributed by atoms with E-state index in [-0.39, 0.29) is 0 Å². The average Bonchev–Trinajstić information content (AvgIpc) is 3.46. The fourth-order valence-electron chi connectivity index (χ4n) is 10.1. The molecule has 0 saturated heterocycles. The average molecular weight is 715 g/mol. The Kier molecular flexibility index (Phi) is 5.81. The molecular weight excluding hydrogens is 681 g/mol. The minimum atomic E-state index is 0.348. The topological polar surface area (TPSA) is 8.17 Å². The van der Waals surface area contributed by atoms with Crippen LogP contribution < -0.4 is 4.90 Å². The van der Waals surface area contributed by atoms with Gasteiger partial charge < -0.3 is 9.47 Å². The van der Waals surface area contributed by atoms with Gasteiger partial charge in [-0.3, -0.25) is 0 Å². The SMILES string of the molecule is C1=CCC2C(=C1)N(c1cccc3c1sc1ccccc13)c1ccc(-c3ccc4c(c3)c3c(n4C4=CCCc5c4sc4ccccc54)C4CC4C=C3)cc12. The molecule has 5 aromatic carbocycles. The number of aryl methyl sites for hydroxylation is 1. The predicted molar refractivity (Wildman–Crippen MR) is 227 cm³/mol. The monoisotopic (exact) mass is 714 g/mol. The summed E-state index contributed by atoms with van der Waals surface area (Å²) < 4.78 is 6.79. The summed E-state index contributed by atoms with van der Waals surface area (Å²) in [7, 11) is 0. The van der Waals surface area contributed by atoms with E-state index in [0.29, 0.717) is 17.8 Å². The summed E-state index contributed by atoms with van der Waals surface area (Å²) in [6, 6.07) is 39.3. The molecule has 1 aliphatic heterocycles. The zero-order chi connectivity index (χ0) is 34.4. The first-order valence-corrected chi connectivity index (χ1v) is 20.7. The number of hydrogen-bond acceptors (Lipinski definition) is 3. The molecular formula is C49H34N2S2. The van der Waals surface area contributed by atoms with E-state index in [0.717, 1.165) is 19.3 Å². The van der Waals surface area contributed by atoms with E-state index in [1.54, 1.807) is 0 Å². The van der Waals surface area contributed by atoms with E-state index >= 15 is 0 Å². The Morgan fingerprint density at radius 1 is 0.717 bits per heavy atom. The van der Waals surface area contributed by atoms with Crippen LogP contribution in [0.2, 0.25) is 0 Å². The Labute approximate surface area is 315 Å². The van der Waals surface area contributed by atoms with E-state index in [2.05, 4.69) is 149 Å². The maximum Gasteiger partial charge on any atom is 0.0637 e. The van der Waals surface area contributed by atoms with Gasteiger partial charge in [0.15, 0.2) is 0 Å². The van der Waals surface area contributed by atoms with Gasteiger partial charge in [-0.1, -0.05) is 91.0 Å². The third-order valence-corrected chi connectivity index (χ3v) is 15.1. The molecule has 3 atom stereocenters. The quantitative estimate of drug-likeness (QED) is 0.177. The minimum Gasteiger partial charge on any atom is -0.312 e. The molecule has 0 amide bonds. The zero-order valence-corrected chi connectivity index (χ0v) is 30.7. The molecule has 1 fully saturated rings. The van der Waals surface area contributed by atoms with Crippen LogP contribution in [0, 0.1) is 5.92 Å². The Morgan fingerprint density at radius 3 is 2.49 bits per heavy atom. The van der Waals surface area contributed by atoms with Crippen LogP contribution in [0.5, 0.6) is 0 Å². The second-order valence-corrected chi connectivity index (χ2v) is 17.5. The second kappa shape index (κ2) is 10.6. The number of thiophene rings is 2. The van der Waals surface area contributed by atoms with Gasteiger partial charge in [0, 0.05) is 60.0 Å². The summed E-state index contributed by atoms with van der Waals surface area (Å²) in [5.74, 6) is 1.65. The highest BCUT2D eigenvalue weighted by atomic mass is 32.1. The summed E-state index contributed by atoms with van der Waals surface area (Å²) in [5.41, 5.74) is 15.3. The molecule has 2 nitrogen and oxygen atoms in total. The van der Waals surface area contributed by atoms with Crippen molar-refractivity contribution in [1.82, 2.24) is 4.57 Å². The van der Waals surface area contributed by atoms with E-state index in [1.165, 1.54) is 109 Å². The summed E-state index contributed by atoms with van der Waals surface area (Å²) in [5, 5.41) is 5.52. The summed E-state index contributed by atoms with van der Waals surface area (Å²) in [6.45, 7) is 0. The Bertz CT molecular complexity index is 3050. The van der Waals surface area contributed by atoms with Crippen LogP contribution in [0.1, 0.15) is 58.4 Å². The first-order chi connectivity index (χ1) is 26.3. The summed E-state index contributed by atoms with van der Waals surface area (Å²) in [4.78, 5) is 4.02. The Balaban J connectivity index is 0.963. The number of fused-ring (bicyclic) bond motifs is 14. The maximum atomic E-state index is 2.68. The number of anilines is 2. The lowest BCUT2D eigenvalue weighted by Crippen LogP contribution is -2.14. The van der Waals surface area contributed by atoms with Gasteiger partial charge in [0.05, 0.1) is 26.5 Å². The van der Waals surface area contributed by atoms with E-state index in [9.17, 15) is 0 Å². The Morgan fingerprint density at radius 2 is 1.55 bits per heavy atom. The lowest BCUT2D eigenvalue weighted by Gasteiger charge is -2.25. The van der Waals surface area contributed by atoms with Gasteiger partial charge in [0.25, 0.3) is 0 Å². The number of hydrogen-bond donors (Lipinski definition) is 0. The van der Waals surface area contributed by atoms with Crippen LogP contribution >= 0.6 is 22.7 Å². The second-order valence-electron chi connectivity index (χ2n) is 15.4. The van der Waals surface area contributed by atoms with Gasteiger partial charge in [-0.05, 0) is 108 Å². The van der Waals surface area contributed by atoms with Crippen molar-refractivity contribution in [1.29, 1.82) is 0 Å². The molecule has 0 N–H and O–H groups in total. The van der Waals surface area contributed by atoms with E-state index < -0.39 is 0 Å². The molecule has 3 aromatic heterocycles. The first-order valence-electron chi connectivity index (χ1n) is 19.1. The maximum absolute atomic E-state index is 2.68. The fraction of sp³-hybridized carbons (Fsp3) is 0.143. The molecule has 0 radical (unpaired) electrons. The number of benzene rings is 5. The highest BCUT2D eigenvalue weighted by Gasteiger charge is 2.44. The van der Waals surface area contributed by atoms with Crippen molar-refractivity contribution in [2.24, 2.45) is 5.92 Å². The molecule has 0 spiro atoms. The highest BCUT2D eigenvalue weighted by Crippen LogP contribution is 2.57. The molecule has 13 rings (SSSR count). The van der Waals surface area contributed by atoms with E-state index in [1.807, 2.05) is 22.7 Å². The standard InChI is InChI=1S/C49H34N2S2/c1-4-14-40-31(9-1)38-25-28(20-23-41(38)50(40)43-15-7-12-35-32-10-2-5-17-45(32)52-48(35)43)29-21-24-42-39(26-29)34-22-19-30-27-37(30)47(34)51(42)44-16-8-13-36-33-11-3-6-18-46(33)53-49(36)44/h1-7,10-12,14-26,30-31,37H,8-9,13,27H2. The van der Waals surface area contributed by atoms with Gasteiger partial charge in [-0.2, -0.15) is 0 Å². The van der Waals surface area contributed by atoms with Crippen molar-refractivity contribution in [3.63, 3.8) is 0 Å². The first kappa shape index (κ1) is 29.1. The lowest BCUT2D eigenvalue weighted by atomic mass is 9.90. The highest BCUT2D eigenvalue weighted by molar-refractivity contribution is 7.26. The van der Waals surface area contributed by atoms with Crippen molar-refractivity contribution in [2.75, 3.05) is 4.90 Å². The Hall–Kier alpha value is -5.42. The number of nitrogens with zero attached hydrogens (tertiary/aromatic N) is 2. The third kappa shape index (κ3) is 3.98. The van der Waals surface area contributed by atoms with Crippen LogP contribution in [-0.2, 0) is 6.42 Å². The van der Waals surface area contributed by atoms with Crippen molar-refractivity contribution >= 4 is 87.0 Å². The van der Waals surface area contributed by atoms with Crippen LogP contribution in [0.3, 0.4) is 0 Å². The molecule has 4 aliphatic carbocycles. The van der Waals surface area contributed by atoms with Crippen molar-refractivity contribution in [2.45, 2.75) is 37.5 Å². The number of allylic oxidation sites excluding steroid dienone is 6. The normalized spacial score (nSPS) is 20.8. The van der Waals surface area contributed by atoms with Crippen LogP contribution in [0.15, 0.2) is 139 Å². The summed E-state index contributed by atoms with van der Waals surface area (Å²) in [6.07, 6.45) is 18.9. The largest absolute Gasteiger partial charge is 0.312 e. The molecule has 3 unspecified atom stereocenters. The minimum absolute atomic E-state index is 0.348. The molecule has 1 saturated carbocycles. The van der Waals surface area contributed by atoms with E-state index in [4.69, 9.17) is 0 Å². The molecule has 4 heterocycles. The molecule has 8 aromatic rings. The van der Waals surface area contributed by atoms with Gasteiger partial charge >= 0.3 is 0 Å². The predicted octanol–water partition coefficient (Wildman–Crippen LogP) is 13.9. The fourth-order valence-corrected chi connectivity index (χ4v) is 12.6. The van der Waals surface area contributed by atoms with Gasteiger partial charge in [-0.15, -0.1) is 22.7 Å². The smallest absolute Gasteiger partial charge is 0.0637 e. The molecule has 5 aliphatic rings. The van der Waals surface area contributed by atoms with Crippen LogP contribution in [0.4, 0.5) is 11.4 Å².